The molecule has 0 bridgehead atoms. The summed E-state index contributed by atoms with van der Waals surface area (Å²) in [6.07, 6.45) is 3.37. The van der Waals surface area contributed by atoms with Gasteiger partial charge in [-0.1, -0.05) is 38.1 Å². The molecule has 0 saturated carbocycles. The number of aromatic nitrogens is 5. The number of pyridine rings is 1. The maximum Gasteiger partial charge on any atom is 0.319 e. The zero-order chi connectivity index (χ0) is 31.1. The van der Waals surface area contributed by atoms with Gasteiger partial charge in [0.1, 0.15) is 5.82 Å². The standard InChI is InChI=1S/C30H38FN9O3/c1-16-8-10-19(15-40(16)29(42)39(6)7)34-25-23-21(12-13-32-24(23)36-37-25)18-9-11-20(22(31)14-18)17(2)33-27(41)26-35-28(43-38-26)30(3,4)5/h9,11-14,16-17,19H,8,10,15H2,1-7H3,(H,33,41)(H2,32,34,36,37)/t16-,17?,19+/m0/s1. The molecule has 1 unspecified atom stereocenters. The number of anilines is 1. The van der Waals surface area contributed by atoms with Crippen LogP contribution in [0.1, 0.15) is 75.6 Å². The van der Waals surface area contributed by atoms with E-state index >= 15 is 4.39 Å². The number of amides is 3. The third kappa shape index (κ3) is 6.15. The highest BCUT2D eigenvalue weighted by Gasteiger charge is 2.31. The topological polar surface area (TPSA) is 145 Å². The van der Waals surface area contributed by atoms with Crippen LogP contribution in [-0.4, -0.2) is 79.8 Å². The van der Waals surface area contributed by atoms with Crippen molar-refractivity contribution in [2.75, 3.05) is 26.0 Å². The highest BCUT2D eigenvalue weighted by molar-refractivity contribution is 6.00. The first-order valence-corrected chi connectivity index (χ1v) is 14.4. The van der Waals surface area contributed by atoms with Crippen LogP contribution >= 0.6 is 0 Å². The summed E-state index contributed by atoms with van der Waals surface area (Å²) in [7, 11) is 3.50. The van der Waals surface area contributed by atoms with Crippen LogP contribution in [0.2, 0.25) is 0 Å². The van der Waals surface area contributed by atoms with Crippen LogP contribution in [0.4, 0.5) is 15.0 Å². The fourth-order valence-corrected chi connectivity index (χ4v) is 5.24. The van der Waals surface area contributed by atoms with Gasteiger partial charge in [0.05, 0.1) is 11.4 Å². The van der Waals surface area contributed by atoms with Gasteiger partial charge in [-0.05, 0) is 49.9 Å². The summed E-state index contributed by atoms with van der Waals surface area (Å²) in [5.41, 5.74) is 1.85. The van der Waals surface area contributed by atoms with Crippen LogP contribution in [0.25, 0.3) is 22.2 Å². The number of benzene rings is 1. The Morgan fingerprint density at radius 3 is 2.65 bits per heavy atom. The fourth-order valence-electron chi connectivity index (χ4n) is 5.24. The molecule has 12 nitrogen and oxygen atoms in total. The molecule has 5 rings (SSSR count). The SMILES string of the molecule is CC(NC(=O)c1noc(C(C)(C)C)n1)c1ccc(-c2ccnc3[nH]nc(N[C@@H]4CC[C@H](C)N(C(=O)N(C)C)C4)c23)cc1F. The number of halogens is 1. The molecular formula is C30H38FN9O3. The van der Waals surface area contributed by atoms with E-state index in [2.05, 4.69) is 42.9 Å². The molecule has 1 aliphatic heterocycles. The third-order valence-electron chi connectivity index (χ3n) is 7.71. The van der Waals surface area contributed by atoms with Gasteiger partial charge >= 0.3 is 6.03 Å². The van der Waals surface area contributed by atoms with Gasteiger partial charge < -0.3 is 25.0 Å². The lowest BCUT2D eigenvalue weighted by atomic mass is 9.97. The molecule has 4 heterocycles. The Kier molecular flexibility index (Phi) is 8.08. The van der Waals surface area contributed by atoms with E-state index in [9.17, 15) is 9.59 Å². The largest absolute Gasteiger partial charge is 0.364 e. The molecule has 4 aromatic rings. The number of nitrogens with one attached hydrogen (secondary N) is 3. The lowest BCUT2D eigenvalue weighted by Gasteiger charge is -2.39. The van der Waals surface area contributed by atoms with Crippen molar-refractivity contribution < 1.29 is 18.5 Å². The number of hydrogen-bond donors (Lipinski definition) is 3. The second-order valence-corrected chi connectivity index (χ2v) is 12.4. The van der Waals surface area contributed by atoms with Gasteiger partial charge in [0.25, 0.3) is 11.7 Å². The molecular weight excluding hydrogens is 553 g/mol. The first kappa shape index (κ1) is 29.9. The number of aromatic amines is 1. The minimum absolute atomic E-state index is 0.0121. The van der Waals surface area contributed by atoms with Gasteiger partial charge in [0, 0.05) is 49.9 Å². The molecule has 228 valence electrons. The quantitative estimate of drug-likeness (QED) is 0.288. The number of carbonyl (C=O) groups is 2. The molecule has 1 aliphatic rings. The van der Waals surface area contributed by atoms with Crippen LogP contribution in [0.15, 0.2) is 35.0 Å². The first-order chi connectivity index (χ1) is 20.3. The van der Waals surface area contributed by atoms with Gasteiger partial charge in [0.2, 0.25) is 5.89 Å². The molecule has 43 heavy (non-hydrogen) atoms. The number of hydrogen-bond acceptors (Lipinski definition) is 8. The van der Waals surface area contributed by atoms with Gasteiger partial charge in [-0.2, -0.15) is 10.1 Å². The Morgan fingerprint density at radius 1 is 1.21 bits per heavy atom. The molecule has 13 heteroatoms. The van der Waals surface area contributed by atoms with E-state index in [1.54, 1.807) is 44.2 Å². The van der Waals surface area contributed by atoms with E-state index in [4.69, 9.17) is 4.52 Å². The highest BCUT2D eigenvalue weighted by atomic mass is 19.1. The summed E-state index contributed by atoms with van der Waals surface area (Å²) >= 11 is 0. The van der Waals surface area contributed by atoms with E-state index in [0.717, 1.165) is 23.8 Å². The Balaban J connectivity index is 1.36. The number of H-pyrrole nitrogens is 1. The Labute approximate surface area is 249 Å². The summed E-state index contributed by atoms with van der Waals surface area (Å²) in [6, 6.07) is 6.16. The summed E-state index contributed by atoms with van der Waals surface area (Å²) in [6.45, 7) is 10.00. The van der Waals surface area contributed by atoms with Gasteiger partial charge in [-0.15, -0.1) is 0 Å². The lowest BCUT2D eigenvalue weighted by molar-refractivity contribution is 0.0925. The fraction of sp³-hybridized carbons (Fsp3) is 0.467. The maximum absolute atomic E-state index is 15.5. The highest BCUT2D eigenvalue weighted by Crippen LogP contribution is 2.34. The van der Waals surface area contributed by atoms with Crippen LogP contribution in [0, 0.1) is 5.82 Å². The number of fused-ring (bicyclic) bond motifs is 1. The average Bonchev–Trinajstić information content (AvgIpc) is 3.62. The average molecular weight is 592 g/mol. The summed E-state index contributed by atoms with van der Waals surface area (Å²) < 4.78 is 20.7. The molecule has 1 saturated heterocycles. The summed E-state index contributed by atoms with van der Waals surface area (Å²) in [5, 5.41) is 18.2. The molecule has 1 aromatic carbocycles. The van der Waals surface area contributed by atoms with Crippen molar-refractivity contribution >= 4 is 28.8 Å². The van der Waals surface area contributed by atoms with E-state index < -0.39 is 23.2 Å². The van der Waals surface area contributed by atoms with Gasteiger partial charge in [-0.25, -0.2) is 14.2 Å². The molecule has 0 radical (unpaired) electrons. The van der Waals surface area contributed by atoms with Crippen molar-refractivity contribution in [1.29, 1.82) is 0 Å². The molecule has 0 aliphatic carbocycles. The van der Waals surface area contributed by atoms with Crippen LogP contribution in [0.5, 0.6) is 0 Å². The van der Waals surface area contributed by atoms with Gasteiger partial charge in [0.15, 0.2) is 11.5 Å². The lowest BCUT2D eigenvalue weighted by Crippen LogP contribution is -2.52. The number of nitrogens with zero attached hydrogens (tertiary/aromatic N) is 6. The molecule has 0 spiro atoms. The maximum atomic E-state index is 15.5. The Morgan fingerprint density at radius 2 is 1.98 bits per heavy atom. The minimum atomic E-state index is -0.650. The number of piperidine rings is 1. The molecule has 1 fully saturated rings. The number of rotatable bonds is 6. The zero-order valence-electron chi connectivity index (χ0n) is 25.5. The predicted molar refractivity (Wildman–Crippen MR) is 160 cm³/mol. The number of carbonyl (C=O) groups excluding carboxylic acids is 2. The summed E-state index contributed by atoms with van der Waals surface area (Å²) in [5.74, 6) is -0.196. The van der Waals surface area contributed by atoms with Crippen molar-refractivity contribution in [1.82, 2.24) is 40.4 Å². The molecule has 3 amide bonds. The van der Waals surface area contributed by atoms with Crippen molar-refractivity contribution in [2.24, 2.45) is 0 Å². The van der Waals surface area contributed by atoms with E-state index in [1.165, 1.54) is 6.07 Å². The molecule has 3 N–H and O–H groups in total. The van der Waals surface area contributed by atoms with Gasteiger partial charge in [-0.3, -0.25) is 9.89 Å². The number of likely N-dealkylation sites (tertiary alicyclic amines) is 1. The van der Waals surface area contributed by atoms with Crippen molar-refractivity contribution in [2.45, 2.75) is 71.0 Å². The molecule has 3 aromatic heterocycles. The van der Waals surface area contributed by atoms with E-state index in [-0.39, 0.29) is 23.9 Å². The van der Waals surface area contributed by atoms with Crippen molar-refractivity contribution in [3.63, 3.8) is 0 Å². The third-order valence-corrected chi connectivity index (χ3v) is 7.71. The van der Waals surface area contributed by atoms with E-state index in [1.807, 2.05) is 31.7 Å². The monoisotopic (exact) mass is 591 g/mol. The first-order valence-electron chi connectivity index (χ1n) is 14.4. The Hall–Kier alpha value is -4.55. The van der Waals surface area contributed by atoms with E-state index in [0.29, 0.717) is 35.0 Å². The van der Waals surface area contributed by atoms with Crippen molar-refractivity contribution in [3.8, 4) is 11.1 Å². The zero-order valence-corrected chi connectivity index (χ0v) is 25.5. The summed E-state index contributed by atoms with van der Waals surface area (Å²) in [4.78, 5) is 37.5. The second-order valence-electron chi connectivity index (χ2n) is 12.4. The Bertz CT molecular complexity index is 1640. The predicted octanol–water partition coefficient (Wildman–Crippen LogP) is 4.88. The van der Waals surface area contributed by atoms with Crippen LogP contribution < -0.4 is 10.6 Å². The smallest absolute Gasteiger partial charge is 0.319 e. The second kappa shape index (κ2) is 11.6. The number of urea groups is 1. The normalized spacial score (nSPS) is 18.0. The minimum Gasteiger partial charge on any atom is -0.364 e. The molecule has 3 atom stereocenters. The van der Waals surface area contributed by atoms with Crippen LogP contribution in [-0.2, 0) is 5.41 Å². The van der Waals surface area contributed by atoms with Crippen molar-refractivity contribution in [3.05, 3.63) is 53.6 Å². The van der Waals surface area contributed by atoms with Crippen LogP contribution in [0.3, 0.4) is 0 Å².